The van der Waals surface area contributed by atoms with E-state index in [1.807, 2.05) is 44.4 Å². The van der Waals surface area contributed by atoms with Crippen LogP contribution < -0.4 is 4.74 Å². The molecule has 2 rings (SSSR count). The molecule has 0 amide bonds. The lowest BCUT2D eigenvalue weighted by atomic mass is 10.1. The number of aryl methyl sites for hydroxylation is 3. The van der Waals surface area contributed by atoms with Gasteiger partial charge in [-0.3, -0.25) is 4.79 Å². The van der Waals surface area contributed by atoms with Gasteiger partial charge < -0.3 is 4.74 Å². The molecule has 0 aliphatic carbocycles. The molecule has 0 spiro atoms. The molecule has 0 fully saturated rings. The Morgan fingerprint density at radius 3 is 2.14 bits per heavy atom. The molecule has 0 N–H and O–H groups in total. The van der Waals surface area contributed by atoms with Crippen LogP contribution in [-0.2, 0) is 0 Å². The predicted molar refractivity (Wildman–Crippen MR) is 88.7 cm³/mol. The number of rotatable bonds is 5. The topological polar surface area (TPSA) is 26.3 Å². The van der Waals surface area contributed by atoms with E-state index < -0.39 is 0 Å². The van der Waals surface area contributed by atoms with Crippen LogP contribution in [0.25, 0.3) is 0 Å². The summed E-state index contributed by atoms with van der Waals surface area (Å²) in [5, 5.41) is 0. The van der Waals surface area contributed by atoms with Crippen LogP contribution in [0.15, 0.2) is 41.3 Å². The predicted octanol–water partition coefficient (Wildman–Crippen LogP) is 4.60. The van der Waals surface area contributed by atoms with Crippen LogP contribution in [0, 0.1) is 20.8 Å². The first-order valence-electron chi connectivity index (χ1n) is 6.89. The average Bonchev–Trinajstić information content (AvgIpc) is 2.46. The summed E-state index contributed by atoms with van der Waals surface area (Å²) in [7, 11) is 0. The van der Waals surface area contributed by atoms with E-state index in [-0.39, 0.29) is 12.4 Å². The van der Waals surface area contributed by atoms with Crippen molar-refractivity contribution in [3.8, 4) is 5.75 Å². The zero-order valence-corrected chi connectivity index (χ0v) is 13.7. The van der Waals surface area contributed by atoms with E-state index in [9.17, 15) is 4.79 Å². The number of Topliss-reactive ketones (excluding diaryl/α,β-unsaturated/α-hetero) is 1. The monoisotopic (exact) mass is 300 g/mol. The Labute approximate surface area is 130 Å². The van der Waals surface area contributed by atoms with Gasteiger partial charge in [-0.05, 0) is 50.3 Å². The number of benzene rings is 2. The van der Waals surface area contributed by atoms with Gasteiger partial charge in [-0.25, -0.2) is 0 Å². The third-order valence-electron chi connectivity index (χ3n) is 3.36. The first-order valence-corrected chi connectivity index (χ1v) is 8.11. The second-order valence-electron chi connectivity index (χ2n) is 5.17. The van der Waals surface area contributed by atoms with Crippen molar-refractivity contribution in [2.75, 3.05) is 12.9 Å². The van der Waals surface area contributed by atoms with Crippen LogP contribution >= 0.6 is 11.8 Å². The molecule has 0 saturated heterocycles. The van der Waals surface area contributed by atoms with E-state index in [1.54, 1.807) is 11.8 Å². The maximum atomic E-state index is 12.2. The smallest absolute Gasteiger partial charge is 0.200 e. The zero-order chi connectivity index (χ0) is 15.4. The zero-order valence-electron chi connectivity index (χ0n) is 12.9. The Bertz CT molecular complexity index is 622. The summed E-state index contributed by atoms with van der Waals surface area (Å²) in [5.74, 6) is 0.816. The molecule has 2 nitrogen and oxygen atoms in total. The highest BCUT2D eigenvalue weighted by Gasteiger charge is 2.10. The lowest BCUT2D eigenvalue weighted by molar-refractivity contribution is 0.0920. The fourth-order valence-electron chi connectivity index (χ4n) is 2.39. The molecule has 3 heteroatoms. The van der Waals surface area contributed by atoms with E-state index in [1.165, 1.54) is 5.56 Å². The van der Waals surface area contributed by atoms with Crippen LogP contribution in [0.1, 0.15) is 27.0 Å². The van der Waals surface area contributed by atoms with Crippen molar-refractivity contribution in [3.05, 3.63) is 58.7 Å². The molecule has 2 aromatic rings. The van der Waals surface area contributed by atoms with Crippen LogP contribution in [0.2, 0.25) is 0 Å². The Kier molecular flexibility index (Phi) is 5.07. The summed E-state index contributed by atoms with van der Waals surface area (Å²) in [6.45, 7) is 6.14. The molecule has 21 heavy (non-hydrogen) atoms. The van der Waals surface area contributed by atoms with Crippen LogP contribution in [0.3, 0.4) is 0 Å². The Morgan fingerprint density at radius 1 is 1.05 bits per heavy atom. The highest BCUT2D eigenvalue weighted by Crippen LogP contribution is 2.24. The number of carbonyl (C=O) groups excluding carboxylic acids is 1. The van der Waals surface area contributed by atoms with Crippen molar-refractivity contribution in [2.45, 2.75) is 25.7 Å². The van der Waals surface area contributed by atoms with Crippen molar-refractivity contribution in [2.24, 2.45) is 0 Å². The van der Waals surface area contributed by atoms with E-state index in [0.717, 1.165) is 21.8 Å². The molecule has 0 heterocycles. The molecule has 0 atom stereocenters. The summed E-state index contributed by atoms with van der Waals surface area (Å²) in [5.41, 5.74) is 4.03. The number of carbonyl (C=O) groups is 1. The number of thioether (sulfide) groups is 1. The van der Waals surface area contributed by atoms with E-state index in [4.69, 9.17) is 4.74 Å². The van der Waals surface area contributed by atoms with Crippen molar-refractivity contribution in [3.63, 3.8) is 0 Å². The Balaban J connectivity index is 2.07. The maximum Gasteiger partial charge on any atom is 0.200 e. The van der Waals surface area contributed by atoms with Gasteiger partial charge in [0.05, 0.1) is 0 Å². The van der Waals surface area contributed by atoms with Gasteiger partial charge in [-0.15, -0.1) is 11.8 Å². The fraction of sp³-hybridized carbons (Fsp3) is 0.278. The number of ketones is 1. The SMILES string of the molecule is CSc1ccc(C(=O)COc2c(C)cc(C)cc2C)cc1. The number of hydrogen-bond acceptors (Lipinski definition) is 3. The van der Waals surface area contributed by atoms with Crippen molar-refractivity contribution in [1.29, 1.82) is 0 Å². The Morgan fingerprint density at radius 2 is 1.62 bits per heavy atom. The highest BCUT2D eigenvalue weighted by atomic mass is 32.2. The third kappa shape index (κ3) is 3.88. The lowest BCUT2D eigenvalue weighted by Crippen LogP contribution is -2.12. The van der Waals surface area contributed by atoms with Crippen molar-refractivity contribution >= 4 is 17.5 Å². The van der Waals surface area contributed by atoms with Gasteiger partial charge in [-0.2, -0.15) is 0 Å². The van der Waals surface area contributed by atoms with E-state index >= 15 is 0 Å². The molecule has 0 radical (unpaired) electrons. The van der Waals surface area contributed by atoms with Gasteiger partial charge in [0.2, 0.25) is 0 Å². The van der Waals surface area contributed by atoms with E-state index in [0.29, 0.717) is 5.56 Å². The largest absolute Gasteiger partial charge is 0.485 e. The average molecular weight is 300 g/mol. The van der Waals surface area contributed by atoms with Gasteiger partial charge >= 0.3 is 0 Å². The fourth-order valence-corrected chi connectivity index (χ4v) is 2.80. The quantitative estimate of drug-likeness (QED) is 0.596. The lowest BCUT2D eigenvalue weighted by Gasteiger charge is -2.12. The molecule has 0 aromatic heterocycles. The third-order valence-corrected chi connectivity index (χ3v) is 4.11. The number of ether oxygens (including phenoxy) is 1. The summed E-state index contributed by atoms with van der Waals surface area (Å²) in [4.78, 5) is 13.3. The van der Waals surface area contributed by atoms with Gasteiger partial charge in [0.1, 0.15) is 5.75 Å². The van der Waals surface area contributed by atoms with Crippen molar-refractivity contribution in [1.82, 2.24) is 0 Å². The summed E-state index contributed by atoms with van der Waals surface area (Å²) < 4.78 is 5.74. The summed E-state index contributed by atoms with van der Waals surface area (Å²) >= 11 is 1.66. The molecule has 2 aromatic carbocycles. The van der Waals surface area contributed by atoms with Gasteiger partial charge in [0.15, 0.2) is 12.4 Å². The maximum absolute atomic E-state index is 12.2. The summed E-state index contributed by atoms with van der Waals surface area (Å²) in [6.07, 6.45) is 2.02. The molecule has 0 aliphatic rings. The number of hydrogen-bond donors (Lipinski definition) is 0. The second kappa shape index (κ2) is 6.81. The molecule has 110 valence electrons. The minimum atomic E-state index is 0.00188. The minimum absolute atomic E-state index is 0.00188. The first kappa shape index (κ1) is 15.6. The van der Waals surface area contributed by atoms with Crippen molar-refractivity contribution < 1.29 is 9.53 Å². The minimum Gasteiger partial charge on any atom is -0.485 e. The Hall–Kier alpha value is -1.74. The molecule has 0 unspecified atom stereocenters. The van der Waals surface area contributed by atoms with Crippen LogP contribution in [0.5, 0.6) is 5.75 Å². The van der Waals surface area contributed by atoms with Gasteiger partial charge in [-0.1, -0.05) is 29.8 Å². The second-order valence-corrected chi connectivity index (χ2v) is 6.05. The molecule has 0 aliphatic heterocycles. The standard InChI is InChI=1S/C18H20O2S/c1-12-9-13(2)18(14(3)10-12)20-11-17(19)15-5-7-16(21-4)8-6-15/h5-10H,11H2,1-4H3. The van der Waals surface area contributed by atoms with Crippen LogP contribution in [-0.4, -0.2) is 18.6 Å². The molecular weight excluding hydrogens is 280 g/mol. The first-order chi connectivity index (χ1) is 10.0. The van der Waals surface area contributed by atoms with Gasteiger partial charge in [0.25, 0.3) is 0 Å². The molecular formula is C18H20O2S. The normalized spacial score (nSPS) is 10.5. The summed E-state index contributed by atoms with van der Waals surface area (Å²) in [6, 6.07) is 11.8. The van der Waals surface area contributed by atoms with Crippen LogP contribution in [0.4, 0.5) is 0 Å². The molecule has 0 bridgehead atoms. The highest BCUT2D eigenvalue weighted by molar-refractivity contribution is 7.98. The van der Waals surface area contributed by atoms with E-state index in [2.05, 4.69) is 19.1 Å². The van der Waals surface area contributed by atoms with Gasteiger partial charge in [0, 0.05) is 10.5 Å². The molecule has 0 saturated carbocycles.